The number of hydrogen-bond donors (Lipinski definition) is 2. The largest absolute Gasteiger partial charge is 0.290 e. The summed E-state index contributed by atoms with van der Waals surface area (Å²) in [6.07, 6.45) is 1.31. The van der Waals surface area contributed by atoms with Crippen LogP contribution in [0.5, 0.6) is 0 Å². The van der Waals surface area contributed by atoms with Crippen LogP contribution in [0.4, 0.5) is 8.78 Å². The van der Waals surface area contributed by atoms with Crippen molar-refractivity contribution in [2.75, 3.05) is 0 Å². The van der Waals surface area contributed by atoms with Crippen LogP contribution in [0.25, 0.3) is 0 Å². The molecule has 3 aromatic rings. The number of carbonyl (C=O) groups is 2. The van der Waals surface area contributed by atoms with Crippen LogP contribution in [0, 0.1) is 13.8 Å². The van der Waals surface area contributed by atoms with E-state index in [9.17, 15) is 18.4 Å². The maximum atomic E-state index is 12.6. The average molecular weight is 476 g/mol. The van der Waals surface area contributed by atoms with Crippen LogP contribution in [-0.2, 0) is 5.75 Å². The van der Waals surface area contributed by atoms with Gasteiger partial charge in [0.2, 0.25) is 0 Å². The number of halogens is 2. The quantitative estimate of drug-likeness (QED) is 0.301. The van der Waals surface area contributed by atoms with Gasteiger partial charge in [-0.05, 0) is 61.5 Å². The molecule has 2 N–H and O–H groups in total. The van der Waals surface area contributed by atoms with Gasteiger partial charge in [-0.1, -0.05) is 23.9 Å². The second-order valence-electron chi connectivity index (χ2n) is 6.56. The number of hydrogen-bond acceptors (Lipinski definition) is 7. The Morgan fingerprint density at radius 3 is 2.31 bits per heavy atom. The molecular formula is C21H19F2N5O2S2. The number of pyridine rings is 1. The van der Waals surface area contributed by atoms with Gasteiger partial charge in [-0.3, -0.25) is 20.4 Å². The summed E-state index contributed by atoms with van der Waals surface area (Å²) in [6.45, 7) is 3.83. The number of aromatic nitrogens is 3. The fraction of sp³-hybridized carbons (Fsp3) is 0.190. The minimum atomic E-state index is -2.72. The molecule has 1 aromatic carbocycles. The second-order valence-corrected chi connectivity index (χ2v) is 8.48. The average Bonchev–Trinajstić information content (AvgIpc) is 2.75. The summed E-state index contributed by atoms with van der Waals surface area (Å²) >= 11 is 1.65. The fourth-order valence-corrected chi connectivity index (χ4v) is 4.14. The Hall–Kier alpha value is -3.05. The second kappa shape index (κ2) is 11.0. The van der Waals surface area contributed by atoms with E-state index in [2.05, 4.69) is 25.8 Å². The summed E-state index contributed by atoms with van der Waals surface area (Å²) in [7, 11) is 0. The Morgan fingerprint density at radius 2 is 1.66 bits per heavy atom. The summed E-state index contributed by atoms with van der Waals surface area (Å²) in [5.41, 5.74) is 7.56. The van der Waals surface area contributed by atoms with E-state index in [1.165, 1.54) is 30.1 Å². The van der Waals surface area contributed by atoms with Crippen molar-refractivity contribution in [3.8, 4) is 0 Å². The topological polar surface area (TPSA) is 96.9 Å². The number of aryl methyl sites for hydroxylation is 2. The number of nitrogens with one attached hydrogen (secondary N) is 2. The molecule has 2 aromatic heterocycles. The zero-order valence-electron chi connectivity index (χ0n) is 17.1. The Bertz CT molecular complexity index is 1090. The third-order valence-electron chi connectivity index (χ3n) is 4.05. The lowest BCUT2D eigenvalue weighted by atomic mass is 10.1. The van der Waals surface area contributed by atoms with Gasteiger partial charge in [0.25, 0.3) is 17.6 Å². The van der Waals surface area contributed by atoms with E-state index in [1.54, 1.807) is 24.3 Å². The van der Waals surface area contributed by atoms with E-state index in [-0.39, 0.29) is 22.4 Å². The van der Waals surface area contributed by atoms with Gasteiger partial charge in [-0.2, -0.15) is 8.78 Å². The van der Waals surface area contributed by atoms with Crippen molar-refractivity contribution in [3.63, 3.8) is 0 Å². The highest BCUT2D eigenvalue weighted by Gasteiger charge is 2.17. The van der Waals surface area contributed by atoms with Gasteiger partial charge in [0, 0.05) is 28.9 Å². The van der Waals surface area contributed by atoms with Gasteiger partial charge in [0.1, 0.15) is 5.03 Å². The molecule has 0 atom stereocenters. The number of rotatable bonds is 7. The Balaban J connectivity index is 1.55. The van der Waals surface area contributed by atoms with Crippen molar-refractivity contribution in [3.05, 3.63) is 76.7 Å². The summed E-state index contributed by atoms with van der Waals surface area (Å²) in [6, 6.07) is 11.6. The van der Waals surface area contributed by atoms with Crippen molar-refractivity contribution >= 4 is 35.3 Å². The Morgan fingerprint density at radius 1 is 1.00 bits per heavy atom. The minimum Gasteiger partial charge on any atom is -0.267 e. The molecule has 0 fully saturated rings. The molecular weight excluding hydrogens is 456 g/mol. The molecule has 2 amide bonds. The van der Waals surface area contributed by atoms with Crippen molar-refractivity contribution in [2.45, 2.75) is 35.5 Å². The molecule has 0 unspecified atom stereocenters. The molecule has 0 aliphatic heterocycles. The minimum absolute atomic E-state index is 0.0564. The Kier molecular flexibility index (Phi) is 8.12. The first-order valence-electron chi connectivity index (χ1n) is 9.36. The Labute approximate surface area is 191 Å². The van der Waals surface area contributed by atoms with E-state index in [0.717, 1.165) is 17.0 Å². The van der Waals surface area contributed by atoms with Crippen LogP contribution in [-0.4, -0.2) is 32.5 Å². The number of benzene rings is 1. The van der Waals surface area contributed by atoms with E-state index >= 15 is 0 Å². The molecule has 0 saturated carbocycles. The monoisotopic (exact) mass is 475 g/mol. The summed E-state index contributed by atoms with van der Waals surface area (Å²) in [5.74, 6) is -3.37. The maximum absolute atomic E-state index is 12.6. The van der Waals surface area contributed by atoms with Crippen molar-refractivity contribution in [2.24, 2.45) is 0 Å². The van der Waals surface area contributed by atoms with Gasteiger partial charge >= 0.3 is 0 Å². The van der Waals surface area contributed by atoms with Crippen LogP contribution in [0.1, 0.15) is 37.7 Å². The SMILES string of the molecule is Cc1cc(C)nc(SCc2ccc(C(=O)NNC(=O)c3cccnc3SC(F)F)cc2)n1. The van der Waals surface area contributed by atoms with E-state index < -0.39 is 17.6 Å². The number of carbonyl (C=O) groups excluding carboxylic acids is 2. The molecule has 166 valence electrons. The normalized spacial score (nSPS) is 10.8. The van der Waals surface area contributed by atoms with Crippen molar-refractivity contribution in [1.82, 2.24) is 25.8 Å². The molecule has 0 saturated heterocycles. The number of amides is 2. The van der Waals surface area contributed by atoms with Gasteiger partial charge in [-0.25, -0.2) is 15.0 Å². The maximum Gasteiger partial charge on any atom is 0.290 e. The summed E-state index contributed by atoms with van der Waals surface area (Å²) in [5, 5.41) is 0.565. The van der Waals surface area contributed by atoms with Crippen molar-refractivity contribution in [1.29, 1.82) is 0 Å². The molecule has 0 bridgehead atoms. The predicted molar refractivity (Wildman–Crippen MR) is 119 cm³/mol. The smallest absolute Gasteiger partial charge is 0.267 e. The molecule has 7 nitrogen and oxygen atoms in total. The lowest BCUT2D eigenvalue weighted by Crippen LogP contribution is -2.41. The number of hydrazine groups is 1. The van der Waals surface area contributed by atoms with E-state index in [0.29, 0.717) is 16.5 Å². The highest BCUT2D eigenvalue weighted by Crippen LogP contribution is 2.26. The van der Waals surface area contributed by atoms with E-state index in [4.69, 9.17) is 0 Å². The van der Waals surface area contributed by atoms with Crippen LogP contribution in [0.15, 0.2) is 58.8 Å². The van der Waals surface area contributed by atoms with E-state index in [1.807, 2.05) is 19.9 Å². The first-order valence-corrected chi connectivity index (χ1v) is 11.2. The van der Waals surface area contributed by atoms with Gasteiger partial charge < -0.3 is 0 Å². The first kappa shape index (κ1) is 23.6. The van der Waals surface area contributed by atoms with Crippen LogP contribution in [0.3, 0.4) is 0 Å². The van der Waals surface area contributed by atoms with Gasteiger partial charge in [-0.15, -0.1) is 0 Å². The summed E-state index contributed by atoms with van der Waals surface area (Å²) < 4.78 is 25.3. The molecule has 0 radical (unpaired) electrons. The van der Waals surface area contributed by atoms with Gasteiger partial charge in [0.15, 0.2) is 5.16 Å². The third-order valence-corrected chi connectivity index (χ3v) is 5.70. The zero-order valence-corrected chi connectivity index (χ0v) is 18.8. The van der Waals surface area contributed by atoms with Crippen LogP contribution < -0.4 is 10.9 Å². The zero-order chi connectivity index (χ0) is 23.1. The summed E-state index contributed by atoms with van der Waals surface area (Å²) in [4.78, 5) is 37.1. The number of nitrogens with zero attached hydrogens (tertiary/aromatic N) is 3. The standard InChI is InChI=1S/C21H19F2N5O2S2/c1-12-10-13(2)26-21(25-12)31-11-14-5-7-15(8-6-14)17(29)27-28-18(30)16-4-3-9-24-19(16)32-20(22)23/h3-10,20H,11H2,1-2H3,(H,27,29)(H,28,30). The fourth-order valence-electron chi connectivity index (χ4n) is 2.65. The molecule has 32 heavy (non-hydrogen) atoms. The van der Waals surface area contributed by atoms with Gasteiger partial charge in [0.05, 0.1) is 5.56 Å². The molecule has 0 aliphatic carbocycles. The number of alkyl halides is 2. The highest BCUT2D eigenvalue weighted by atomic mass is 32.2. The molecule has 0 spiro atoms. The lowest BCUT2D eigenvalue weighted by molar-refractivity contribution is 0.0844. The molecule has 3 rings (SSSR count). The predicted octanol–water partition coefficient (Wildman–Crippen LogP) is 4.17. The highest BCUT2D eigenvalue weighted by molar-refractivity contribution is 7.99. The van der Waals surface area contributed by atoms with Crippen LogP contribution >= 0.6 is 23.5 Å². The van der Waals surface area contributed by atoms with Crippen molar-refractivity contribution < 1.29 is 18.4 Å². The lowest BCUT2D eigenvalue weighted by Gasteiger charge is -2.10. The molecule has 2 heterocycles. The molecule has 0 aliphatic rings. The third kappa shape index (κ3) is 6.72. The van der Waals surface area contributed by atoms with Crippen LogP contribution in [0.2, 0.25) is 0 Å². The molecule has 11 heteroatoms. The first-order chi connectivity index (χ1) is 15.3. The number of thioether (sulfide) groups is 2.